The fourth-order valence-electron chi connectivity index (χ4n) is 11.3. The van der Waals surface area contributed by atoms with E-state index in [0.717, 1.165) is 88.1 Å². The molecule has 1 aliphatic heterocycles. The fraction of sp³-hybridized carbons (Fsp3) is 0.930. The Morgan fingerprint density at radius 2 is 1.06 bits per heavy atom. The summed E-state index contributed by atoms with van der Waals surface area (Å²) in [6.45, 7) is 14.7. The van der Waals surface area contributed by atoms with Gasteiger partial charge in [0.05, 0.1) is 5.92 Å². The molecular weight excluding hydrogens is 763 g/mol. The van der Waals surface area contributed by atoms with E-state index in [-0.39, 0.29) is 41.9 Å². The van der Waals surface area contributed by atoms with E-state index < -0.39 is 0 Å². The molecule has 0 aromatic carbocycles. The SMILES string of the molecule is C=CCC(C(C)CC(=O)OC(CCCCCCCCC1CC1CCCCCCCC)CCCCCCCCC1CC1CCCCCCCC)C(CC)OC(=O)C1CCCN(C)C1. The third kappa shape index (κ3) is 25.4. The Balaban J connectivity index is 1.35. The predicted molar refractivity (Wildman–Crippen MR) is 265 cm³/mol. The molecule has 0 amide bonds. The standard InChI is InChI=1S/C57H105NO4/c1-7-11-13-15-21-27-35-48-44-50(48)37-29-23-17-19-25-31-40-53(41-32-26-20-18-24-30-38-51-45-49(51)36-28-22-16-14-12-8-2)61-56(59)43-47(5)54(34-9-3)55(10-4)62-57(60)52-39-33-42-58(6)46-52/h9,47-55H,3,7-8,10-46H2,1-2,4-6H3. The van der Waals surface area contributed by atoms with Gasteiger partial charge in [-0.1, -0.05) is 201 Å². The van der Waals surface area contributed by atoms with Crippen molar-refractivity contribution in [2.75, 3.05) is 20.1 Å². The van der Waals surface area contributed by atoms with Gasteiger partial charge in [-0.05, 0) is 107 Å². The summed E-state index contributed by atoms with van der Waals surface area (Å²) >= 11 is 0. The lowest BCUT2D eigenvalue weighted by molar-refractivity contribution is -0.160. The molecule has 3 rings (SSSR count). The monoisotopic (exact) mass is 868 g/mol. The Morgan fingerprint density at radius 1 is 0.629 bits per heavy atom. The molecule has 2 aliphatic carbocycles. The number of rotatable bonds is 42. The Kier molecular flexibility index (Phi) is 31.0. The molecular formula is C57H105NO4. The molecule has 362 valence electrons. The van der Waals surface area contributed by atoms with Gasteiger partial charge in [0.2, 0.25) is 0 Å². The lowest BCUT2D eigenvalue weighted by atomic mass is 9.82. The molecule has 1 saturated heterocycles. The number of nitrogens with zero attached hydrogens (tertiary/aromatic N) is 1. The van der Waals surface area contributed by atoms with Gasteiger partial charge in [0, 0.05) is 18.9 Å². The number of hydrogen-bond donors (Lipinski definition) is 0. The van der Waals surface area contributed by atoms with E-state index in [1.165, 1.54) is 180 Å². The summed E-state index contributed by atoms with van der Waals surface area (Å²) in [6, 6.07) is 0. The van der Waals surface area contributed by atoms with Gasteiger partial charge in [0.15, 0.2) is 0 Å². The van der Waals surface area contributed by atoms with Gasteiger partial charge in [0.1, 0.15) is 12.2 Å². The van der Waals surface area contributed by atoms with Crippen LogP contribution in [-0.4, -0.2) is 49.2 Å². The molecule has 5 nitrogen and oxygen atoms in total. The van der Waals surface area contributed by atoms with Crippen molar-refractivity contribution in [3.8, 4) is 0 Å². The Labute approximate surface area is 386 Å². The van der Waals surface area contributed by atoms with E-state index in [2.05, 4.69) is 46.2 Å². The highest BCUT2D eigenvalue weighted by Crippen LogP contribution is 2.46. The number of carbonyl (C=O) groups excluding carboxylic acids is 2. The molecule has 3 fully saturated rings. The van der Waals surface area contributed by atoms with Crippen LogP contribution in [0.25, 0.3) is 0 Å². The lowest BCUT2D eigenvalue weighted by Gasteiger charge is -2.33. The number of piperidine rings is 1. The van der Waals surface area contributed by atoms with Gasteiger partial charge in [-0.25, -0.2) is 0 Å². The Bertz CT molecular complexity index is 1080. The Morgan fingerprint density at radius 3 is 1.48 bits per heavy atom. The van der Waals surface area contributed by atoms with Crippen LogP contribution in [0.4, 0.5) is 0 Å². The van der Waals surface area contributed by atoms with Crippen molar-refractivity contribution in [3.05, 3.63) is 12.7 Å². The number of esters is 2. The van der Waals surface area contributed by atoms with Crippen LogP contribution in [0.15, 0.2) is 12.7 Å². The third-order valence-corrected chi connectivity index (χ3v) is 15.8. The highest BCUT2D eigenvalue weighted by molar-refractivity contribution is 5.73. The summed E-state index contributed by atoms with van der Waals surface area (Å²) < 4.78 is 12.6. The van der Waals surface area contributed by atoms with E-state index in [9.17, 15) is 9.59 Å². The van der Waals surface area contributed by atoms with Gasteiger partial charge in [-0.15, -0.1) is 6.58 Å². The molecule has 2 saturated carbocycles. The maximum atomic E-state index is 13.6. The van der Waals surface area contributed by atoms with E-state index in [1.54, 1.807) is 0 Å². The fourth-order valence-corrected chi connectivity index (χ4v) is 11.3. The second-order valence-electron chi connectivity index (χ2n) is 21.5. The van der Waals surface area contributed by atoms with Gasteiger partial charge < -0.3 is 14.4 Å². The average molecular weight is 868 g/mol. The van der Waals surface area contributed by atoms with Crippen LogP contribution >= 0.6 is 0 Å². The number of likely N-dealkylation sites (tertiary alicyclic amines) is 1. The van der Waals surface area contributed by atoms with Crippen molar-refractivity contribution in [2.24, 2.45) is 41.4 Å². The summed E-state index contributed by atoms with van der Waals surface area (Å²) in [5.41, 5.74) is 0. The minimum atomic E-state index is -0.210. The molecule has 0 bridgehead atoms. The van der Waals surface area contributed by atoms with Crippen molar-refractivity contribution in [1.29, 1.82) is 0 Å². The first-order chi connectivity index (χ1) is 30.3. The molecule has 0 aromatic heterocycles. The maximum absolute atomic E-state index is 13.6. The van der Waals surface area contributed by atoms with Crippen LogP contribution in [0, 0.1) is 41.4 Å². The number of allylic oxidation sites excluding steroid dienone is 1. The lowest BCUT2D eigenvalue weighted by Crippen LogP contribution is -2.40. The van der Waals surface area contributed by atoms with Gasteiger partial charge in [-0.3, -0.25) is 9.59 Å². The van der Waals surface area contributed by atoms with E-state index in [4.69, 9.17) is 9.47 Å². The quantitative estimate of drug-likeness (QED) is 0.0348. The molecule has 8 unspecified atom stereocenters. The summed E-state index contributed by atoms with van der Waals surface area (Å²) in [4.78, 5) is 29.1. The maximum Gasteiger partial charge on any atom is 0.310 e. The number of hydrogen-bond acceptors (Lipinski definition) is 5. The van der Waals surface area contributed by atoms with Crippen molar-refractivity contribution in [2.45, 2.75) is 277 Å². The number of ether oxygens (including phenoxy) is 2. The summed E-state index contributed by atoms with van der Waals surface area (Å²) in [6.07, 6.45) is 49.3. The first-order valence-electron chi connectivity index (χ1n) is 28.0. The van der Waals surface area contributed by atoms with Crippen molar-refractivity contribution >= 4 is 11.9 Å². The second-order valence-corrected chi connectivity index (χ2v) is 21.5. The first kappa shape index (κ1) is 55.0. The number of unbranched alkanes of at least 4 members (excludes halogenated alkanes) is 20. The molecule has 0 aromatic rings. The zero-order valence-corrected chi connectivity index (χ0v) is 42.1. The van der Waals surface area contributed by atoms with Crippen LogP contribution in [0.2, 0.25) is 0 Å². The van der Waals surface area contributed by atoms with Crippen LogP contribution < -0.4 is 0 Å². The largest absolute Gasteiger partial charge is 0.462 e. The molecule has 3 aliphatic rings. The van der Waals surface area contributed by atoms with E-state index in [1.807, 2.05) is 6.08 Å². The van der Waals surface area contributed by atoms with Crippen molar-refractivity contribution < 1.29 is 19.1 Å². The molecule has 0 spiro atoms. The van der Waals surface area contributed by atoms with Crippen LogP contribution in [0.5, 0.6) is 0 Å². The Hall–Kier alpha value is -1.36. The van der Waals surface area contributed by atoms with E-state index >= 15 is 0 Å². The van der Waals surface area contributed by atoms with Gasteiger partial charge in [0.25, 0.3) is 0 Å². The smallest absolute Gasteiger partial charge is 0.310 e. The molecule has 62 heavy (non-hydrogen) atoms. The highest BCUT2D eigenvalue weighted by Gasteiger charge is 2.36. The zero-order valence-electron chi connectivity index (χ0n) is 42.1. The molecule has 5 heteroatoms. The molecule has 8 atom stereocenters. The molecule has 0 radical (unpaired) electrons. The average Bonchev–Trinajstić information content (AvgIpc) is 4.20. The minimum Gasteiger partial charge on any atom is -0.462 e. The van der Waals surface area contributed by atoms with Crippen LogP contribution in [0.3, 0.4) is 0 Å². The molecule has 1 heterocycles. The third-order valence-electron chi connectivity index (χ3n) is 15.8. The molecule has 0 N–H and O–H groups in total. The van der Waals surface area contributed by atoms with E-state index in [0.29, 0.717) is 6.42 Å². The first-order valence-corrected chi connectivity index (χ1v) is 28.0. The topological polar surface area (TPSA) is 55.8 Å². The summed E-state index contributed by atoms with van der Waals surface area (Å²) in [7, 11) is 2.09. The van der Waals surface area contributed by atoms with Crippen LogP contribution in [-0.2, 0) is 19.1 Å². The normalized spacial score (nSPS) is 23.1. The zero-order chi connectivity index (χ0) is 44.6. The van der Waals surface area contributed by atoms with Crippen molar-refractivity contribution in [3.63, 3.8) is 0 Å². The highest BCUT2D eigenvalue weighted by atomic mass is 16.5. The minimum absolute atomic E-state index is 0.0209. The van der Waals surface area contributed by atoms with Crippen molar-refractivity contribution in [1.82, 2.24) is 4.90 Å². The van der Waals surface area contributed by atoms with Crippen LogP contribution in [0.1, 0.15) is 265 Å². The summed E-state index contributed by atoms with van der Waals surface area (Å²) in [5, 5.41) is 0. The number of carbonyl (C=O) groups is 2. The van der Waals surface area contributed by atoms with Gasteiger partial charge >= 0.3 is 11.9 Å². The van der Waals surface area contributed by atoms with Gasteiger partial charge in [-0.2, -0.15) is 0 Å². The predicted octanol–water partition coefficient (Wildman–Crippen LogP) is 16.8. The summed E-state index contributed by atoms with van der Waals surface area (Å²) in [5.74, 6) is 4.09. The second kappa shape index (κ2) is 34.9.